The van der Waals surface area contributed by atoms with Gasteiger partial charge >= 0.3 is 0 Å². The topological polar surface area (TPSA) is 9.23 Å². The molecule has 0 aromatic carbocycles. The molecule has 0 N–H and O–H groups in total. The van der Waals surface area contributed by atoms with Crippen molar-refractivity contribution in [2.75, 3.05) is 0 Å². The van der Waals surface area contributed by atoms with E-state index >= 15 is 0 Å². The van der Waals surface area contributed by atoms with E-state index in [1.165, 1.54) is 25.7 Å². The fraction of sp³-hybridized carbons (Fsp3) is 0.875. The van der Waals surface area contributed by atoms with E-state index in [0.29, 0.717) is 16.6 Å². The highest BCUT2D eigenvalue weighted by atomic mass is 28.4. The molecule has 1 atom stereocenters. The van der Waals surface area contributed by atoms with Crippen molar-refractivity contribution in [3.8, 4) is 0 Å². The minimum atomic E-state index is -1.63. The van der Waals surface area contributed by atoms with Crippen molar-refractivity contribution in [2.24, 2.45) is 5.41 Å². The lowest BCUT2D eigenvalue weighted by atomic mass is 9.73. The molecule has 18 heavy (non-hydrogen) atoms. The number of rotatable bonds is 2. The fourth-order valence-corrected chi connectivity index (χ4v) is 4.52. The highest BCUT2D eigenvalue weighted by Gasteiger charge is 2.47. The van der Waals surface area contributed by atoms with E-state index in [1.807, 2.05) is 0 Å². The molecule has 0 aliphatic heterocycles. The van der Waals surface area contributed by atoms with Crippen LogP contribution in [0.4, 0.5) is 0 Å². The molecule has 103 valence electrons. The Kier molecular flexibility index (Phi) is 3.81. The molecule has 0 bridgehead atoms. The lowest BCUT2D eigenvalue weighted by Crippen LogP contribution is -2.49. The van der Waals surface area contributed by atoms with Gasteiger partial charge in [-0.1, -0.05) is 39.7 Å². The summed E-state index contributed by atoms with van der Waals surface area (Å²) in [6, 6.07) is 0. The maximum absolute atomic E-state index is 6.75. The molecule has 2 rings (SSSR count). The maximum Gasteiger partial charge on any atom is 0.192 e. The lowest BCUT2D eigenvalue weighted by molar-refractivity contribution is 0.0347. The van der Waals surface area contributed by atoms with E-state index in [1.54, 1.807) is 0 Å². The first-order valence-corrected chi connectivity index (χ1v) is 10.4. The van der Waals surface area contributed by atoms with Gasteiger partial charge in [0.05, 0.1) is 6.10 Å². The third kappa shape index (κ3) is 2.60. The van der Waals surface area contributed by atoms with Crippen LogP contribution in [-0.2, 0) is 4.43 Å². The summed E-state index contributed by atoms with van der Waals surface area (Å²) in [4.78, 5) is 0. The monoisotopic (exact) mass is 265 g/mol. The van der Waals surface area contributed by atoms with Crippen molar-refractivity contribution in [3.05, 3.63) is 12.2 Å². The summed E-state index contributed by atoms with van der Waals surface area (Å²) in [6.45, 7) is 11.8. The van der Waals surface area contributed by atoms with Crippen molar-refractivity contribution >= 4 is 8.32 Å². The summed E-state index contributed by atoms with van der Waals surface area (Å²) in [7, 11) is -1.63. The van der Waals surface area contributed by atoms with Crippen molar-refractivity contribution in [1.29, 1.82) is 0 Å². The molecule has 0 aromatic rings. The van der Waals surface area contributed by atoms with Crippen molar-refractivity contribution in [2.45, 2.75) is 83.5 Å². The molecule has 1 saturated carbocycles. The third-order valence-corrected chi connectivity index (χ3v) is 9.94. The van der Waals surface area contributed by atoms with Crippen LogP contribution in [0, 0.1) is 11.5 Å². The van der Waals surface area contributed by atoms with Gasteiger partial charge in [-0.25, -0.2) is 0 Å². The summed E-state index contributed by atoms with van der Waals surface area (Å²) in [6.07, 6.45) is 13.9. The normalized spacial score (nSPS) is 27.9. The van der Waals surface area contributed by atoms with Crippen molar-refractivity contribution in [1.82, 2.24) is 0 Å². The molecule has 1 spiro atoms. The summed E-state index contributed by atoms with van der Waals surface area (Å²) in [5, 5.41) is 0.317. The SMILES string of the molecule is CC(C)(C)[Si](C)(C)OC1CC=[C]CC12CCCC2. The molecule has 1 radical (unpaired) electrons. The van der Waals surface area contributed by atoms with Gasteiger partial charge in [0.25, 0.3) is 0 Å². The summed E-state index contributed by atoms with van der Waals surface area (Å²) in [5.41, 5.74) is 0.435. The van der Waals surface area contributed by atoms with Crippen molar-refractivity contribution < 1.29 is 4.43 Å². The van der Waals surface area contributed by atoms with Gasteiger partial charge in [0, 0.05) is 0 Å². The van der Waals surface area contributed by atoms with Crippen LogP contribution in [0.3, 0.4) is 0 Å². The van der Waals surface area contributed by atoms with Gasteiger partial charge < -0.3 is 4.43 Å². The largest absolute Gasteiger partial charge is 0.413 e. The summed E-state index contributed by atoms with van der Waals surface area (Å²) >= 11 is 0. The van der Waals surface area contributed by atoms with Crippen LogP contribution < -0.4 is 0 Å². The Hall–Kier alpha value is -0.0831. The minimum Gasteiger partial charge on any atom is -0.413 e. The average molecular weight is 265 g/mol. The first-order chi connectivity index (χ1) is 8.27. The predicted molar refractivity (Wildman–Crippen MR) is 80.0 cm³/mol. The zero-order valence-corrected chi connectivity index (χ0v) is 13.8. The zero-order valence-electron chi connectivity index (χ0n) is 12.8. The Morgan fingerprint density at radius 2 is 1.83 bits per heavy atom. The van der Waals surface area contributed by atoms with E-state index in [9.17, 15) is 0 Å². The maximum atomic E-state index is 6.75. The second kappa shape index (κ2) is 4.79. The Morgan fingerprint density at radius 1 is 1.22 bits per heavy atom. The molecule has 0 saturated heterocycles. The van der Waals surface area contributed by atoms with Gasteiger partial charge in [0.2, 0.25) is 0 Å². The Balaban J connectivity index is 2.14. The Bertz CT molecular complexity index is 318. The van der Waals surface area contributed by atoms with Gasteiger partial charge in [0.15, 0.2) is 8.32 Å². The lowest BCUT2D eigenvalue weighted by Gasteiger charge is -2.46. The van der Waals surface area contributed by atoms with Crippen LogP contribution in [-0.4, -0.2) is 14.4 Å². The second-order valence-corrected chi connectivity index (χ2v) is 12.5. The molecule has 2 heteroatoms. The first-order valence-electron chi connectivity index (χ1n) is 7.50. The molecular weight excluding hydrogens is 236 g/mol. The van der Waals surface area contributed by atoms with Crippen LogP contribution in [0.25, 0.3) is 0 Å². The van der Waals surface area contributed by atoms with Gasteiger partial charge in [-0.3, -0.25) is 0 Å². The van der Waals surface area contributed by atoms with Crippen LogP contribution in [0.1, 0.15) is 59.3 Å². The summed E-state index contributed by atoms with van der Waals surface area (Å²) in [5.74, 6) is 0. The first kappa shape index (κ1) is 14.3. The average Bonchev–Trinajstić information content (AvgIpc) is 2.69. The molecule has 0 amide bonds. The predicted octanol–water partition coefficient (Wildman–Crippen LogP) is 5.09. The standard InChI is InChI=1S/C16H29OSi/c1-15(2,3)18(4,5)17-14-10-6-7-11-16(14)12-8-9-13-16/h6,14H,8-13H2,1-5H3. The Morgan fingerprint density at radius 3 is 2.39 bits per heavy atom. The van der Waals surface area contributed by atoms with Gasteiger partial charge in [-0.05, 0) is 55.3 Å². The number of allylic oxidation sites excluding steroid dienone is 1. The highest BCUT2D eigenvalue weighted by Crippen LogP contribution is 2.50. The zero-order chi connectivity index (χ0) is 13.4. The highest BCUT2D eigenvalue weighted by molar-refractivity contribution is 6.74. The smallest absolute Gasteiger partial charge is 0.192 e. The quantitative estimate of drug-likeness (QED) is 0.632. The number of hydrogen-bond donors (Lipinski definition) is 0. The van der Waals surface area contributed by atoms with Crippen LogP contribution >= 0.6 is 0 Å². The van der Waals surface area contributed by atoms with E-state index in [0.717, 1.165) is 12.8 Å². The van der Waals surface area contributed by atoms with Crippen LogP contribution in [0.15, 0.2) is 6.08 Å². The molecule has 2 aliphatic carbocycles. The molecule has 0 heterocycles. The second-order valence-electron chi connectivity index (χ2n) is 7.76. The van der Waals surface area contributed by atoms with E-state index in [4.69, 9.17) is 4.43 Å². The molecular formula is C16H29OSi. The van der Waals surface area contributed by atoms with Gasteiger partial charge in [0.1, 0.15) is 0 Å². The van der Waals surface area contributed by atoms with Crippen LogP contribution in [0.5, 0.6) is 0 Å². The van der Waals surface area contributed by atoms with Crippen LogP contribution in [0.2, 0.25) is 18.1 Å². The van der Waals surface area contributed by atoms with E-state index < -0.39 is 8.32 Å². The van der Waals surface area contributed by atoms with E-state index in [2.05, 4.69) is 46.0 Å². The number of hydrogen-bond acceptors (Lipinski definition) is 1. The van der Waals surface area contributed by atoms with E-state index in [-0.39, 0.29) is 0 Å². The Labute approximate surface area is 114 Å². The molecule has 1 unspecified atom stereocenters. The molecule has 1 fully saturated rings. The molecule has 2 aliphatic rings. The third-order valence-electron chi connectivity index (χ3n) is 5.46. The minimum absolute atomic E-state index is 0.317. The van der Waals surface area contributed by atoms with Gasteiger partial charge in [-0.15, -0.1) is 0 Å². The van der Waals surface area contributed by atoms with Gasteiger partial charge in [-0.2, -0.15) is 0 Å². The van der Waals surface area contributed by atoms with Crippen molar-refractivity contribution in [3.63, 3.8) is 0 Å². The fourth-order valence-electron chi connectivity index (χ4n) is 3.11. The molecule has 0 aromatic heterocycles. The molecule has 1 nitrogen and oxygen atoms in total. The summed E-state index contributed by atoms with van der Waals surface area (Å²) < 4.78 is 6.75.